The molecule has 144 valence electrons. The molecule has 1 atom stereocenters. The zero-order valence-corrected chi connectivity index (χ0v) is 16.3. The molecule has 1 aromatic rings. The van der Waals surface area contributed by atoms with E-state index < -0.39 is 5.91 Å². The third-order valence-corrected chi connectivity index (χ3v) is 5.41. The molecule has 0 spiro atoms. The molecule has 1 aliphatic heterocycles. The number of hydrogen-bond acceptors (Lipinski definition) is 6. The van der Waals surface area contributed by atoms with Crippen LogP contribution >= 0.6 is 11.3 Å². The van der Waals surface area contributed by atoms with Gasteiger partial charge in [0.1, 0.15) is 5.00 Å². The van der Waals surface area contributed by atoms with Crippen molar-refractivity contribution in [3.05, 3.63) is 17.0 Å². The molecule has 0 bridgehead atoms. The lowest BCUT2D eigenvalue weighted by Crippen LogP contribution is -2.44. The monoisotopic (exact) mass is 381 g/mol. The first-order valence-electron chi connectivity index (χ1n) is 8.64. The molecule has 9 heteroatoms. The van der Waals surface area contributed by atoms with Crippen LogP contribution in [0.1, 0.15) is 23.7 Å². The quantitative estimate of drug-likeness (QED) is 0.737. The Morgan fingerprint density at radius 1 is 1.27 bits per heavy atom. The molecule has 26 heavy (non-hydrogen) atoms. The number of likely N-dealkylation sites (N-methyl/N-ethyl adjacent to an activating group) is 1. The van der Waals surface area contributed by atoms with Crippen LogP contribution in [-0.4, -0.2) is 85.3 Å². The van der Waals surface area contributed by atoms with Gasteiger partial charge < -0.3 is 16.0 Å². The van der Waals surface area contributed by atoms with Crippen LogP contribution < -0.4 is 11.1 Å². The second kappa shape index (κ2) is 9.11. The average molecular weight is 382 g/mol. The highest BCUT2D eigenvalue weighted by atomic mass is 32.1. The summed E-state index contributed by atoms with van der Waals surface area (Å²) in [5.41, 5.74) is 5.65. The molecule has 3 N–H and O–H groups in total. The molecule has 0 aromatic carbocycles. The fraction of sp³-hybridized carbons (Fsp3) is 0.588. The summed E-state index contributed by atoms with van der Waals surface area (Å²) in [6.45, 7) is 5.33. The van der Waals surface area contributed by atoms with Gasteiger partial charge in [-0.2, -0.15) is 0 Å². The predicted molar refractivity (Wildman–Crippen MR) is 102 cm³/mol. The van der Waals surface area contributed by atoms with Crippen LogP contribution in [0.5, 0.6) is 0 Å². The van der Waals surface area contributed by atoms with Gasteiger partial charge in [0, 0.05) is 33.7 Å². The summed E-state index contributed by atoms with van der Waals surface area (Å²) in [6, 6.07) is 1.28. The van der Waals surface area contributed by atoms with Gasteiger partial charge in [-0.1, -0.05) is 0 Å². The van der Waals surface area contributed by atoms with E-state index in [-0.39, 0.29) is 17.9 Å². The topological polar surface area (TPSA) is 99.0 Å². The number of primary amides is 1. The van der Waals surface area contributed by atoms with Crippen LogP contribution in [0.4, 0.5) is 5.00 Å². The fourth-order valence-corrected chi connectivity index (χ4v) is 3.65. The maximum Gasteiger partial charge on any atom is 0.251 e. The second-order valence-electron chi connectivity index (χ2n) is 6.65. The lowest BCUT2D eigenvalue weighted by molar-refractivity contribution is -0.130. The molecule has 0 aliphatic carbocycles. The standard InChI is InChI=1S/C17H27N5O3S/c1-12(16(25)19-17-13(15(18)24)5-10-26-17)22-7-4-6-21(8-9-22)11-14(23)20(2)3/h5,10,12H,4,6-9,11H2,1-3H3,(H2,18,24)(H,19,25). The van der Waals surface area contributed by atoms with Gasteiger partial charge in [0.2, 0.25) is 11.8 Å². The van der Waals surface area contributed by atoms with E-state index in [9.17, 15) is 14.4 Å². The van der Waals surface area contributed by atoms with Crippen LogP contribution in [0.3, 0.4) is 0 Å². The fourth-order valence-electron chi connectivity index (χ4n) is 2.85. The highest BCUT2D eigenvalue weighted by molar-refractivity contribution is 7.14. The van der Waals surface area contributed by atoms with E-state index in [2.05, 4.69) is 15.1 Å². The molecule has 1 aromatic heterocycles. The van der Waals surface area contributed by atoms with Gasteiger partial charge in [-0.15, -0.1) is 11.3 Å². The minimum Gasteiger partial charge on any atom is -0.366 e. The van der Waals surface area contributed by atoms with Crippen molar-refractivity contribution in [3.8, 4) is 0 Å². The van der Waals surface area contributed by atoms with Gasteiger partial charge in [0.05, 0.1) is 18.2 Å². The maximum atomic E-state index is 12.6. The van der Waals surface area contributed by atoms with Crippen LogP contribution in [-0.2, 0) is 9.59 Å². The van der Waals surface area contributed by atoms with E-state index in [1.807, 2.05) is 6.92 Å². The summed E-state index contributed by atoms with van der Waals surface area (Å²) >= 11 is 1.28. The van der Waals surface area contributed by atoms with Gasteiger partial charge in [0.25, 0.3) is 5.91 Å². The molecule has 2 rings (SSSR count). The van der Waals surface area contributed by atoms with E-state index in [1.165, 1.54) is 11.3 Å². The molecule has 3 amide bonds. The molecule has 1 fully saturated rings. The number of anilines is 1. The van der Waals surface area contributed by atoms with Crippen molar-refractivity contribution < 1.29 is 14.4 Å². The Hall–Kier alpha value is -1.97. The van der Waals surface area contributed by atoms with Gasteiger partial charge in [0.15, 0.2) is 0 Å². The van der Waals surface area contributed by atoms with Crippen LogP contribution in [0, 0.1) is 0 Å². The normalized spacial score (nSPS) is 17.3. The maximum absolute atomic E-state index is 12.6. The van der Waals surface area contributed by atoms with Crippen molar-refractivity contribution in [2.45, 2.75) is 19.4 Å². The SMILES string of the molecule is CC(C(=O)Nc1sccc1C(N)=O)N1CCCN(CC(=O)N(C)C)CC1. The van der Waals surface area contributed by atoms with E-state index in [0.717, 1.165) is 26.1 Å². The first-order chi connectivity index (χ1) is 12.3. The molecule has 0 radical (unpaired) electrons. The van der Waals surface area contributed by atoms with E-state index in [0.29, 0.717) is 23.7 Å². The van der Waals surface area contributed by atoms with Crippen molar-refractivity contribution >= 4 is 34.1 Å². The van der Waals surface area contributed by atoms with Gasteiger partial charge in [-0.3, -0.25) is 24.2 Å². The lowest BCUT2D eigenvalue weighted by atomic mass is 10.2. The summed E-state index contributed by atoms with van der Waals surface area (Å²) < 4.78 is 0. The highest BCUT2D eigenvalue weighted by Crippen LogP contribution is 2.23. The number of carbonyl (C=O) groups is 3. The second-order valence-corrected chi connectivity index (χ2v) is 7.56. The van der Waals surface area contributed by atoms with Crippen LogP contribution in [0.15, 0.2) is 11.4 Å². The summed E-state index contributed by atoms with van der Waals surface area (Å²) in [5, 5.41) is 5.03. The highest BCUT2D eigenvalue weighted by Gasteiger charge is 2.26. The van der Waals surface area contributed by atoms with E-state index in [4.69, 9.17) is 5.73 Å². The molecule has 1 unspecified atom stereocenters. The van der Waals surface area contributed by atoms with Crippen molar-refractivity contribution in [1.82, 2.24) is 14.7 Å². The Bertz CT molecular complexity index is 661. The average Bonchev–Trinajstić information content (AvgIpc) is 2.92. The zero-order valence-electron chi connectivity index (χ0n) is 15.5. The number of amides is 3. The Morgan fingerprint density at radius 3 is 2.65 bits per heavy atom. The molecule has 8 nitrogen and oxygen atoms in total. The van der Waals surface area contributed by atoms with Crippen LogP contribution in [0.2, 0.25) is 0 Å². The van der Waals surface area contributed by atoms with Crippen molar-refractivity contribution in [2.75, 3.05) is 52.1 Å². The molecule has 2 heterocycles. The number of nitrogens with two attached hydrogens (primary N) is 1. The van der Waals surface area contributed by atoms with Gasteiger partial charge in [-0.05, 0) is 31.3 Å². The Morgan fingerprint density at radius 2 is 2.00 bits per heavy atom. The largest absolute Gasteiger partial charge is 0.366 e. The number of carbonyl (C=O) groups excluding carboxylic acids is 3. The van der Waals surface area contributed by atoms with Crippen molar-refractivity contribution in [2.24, 2.45) is 5.73 Å². The van der Waals surface area contributed by atoms with Crippen LogP contribution in [0.25, 0.3) is 0 Å². The molecular formula is C17H27N5O3S. The first kappa shape index (κ1) is 20.3. The van der Waals surface area contributed by atoms with E-state index >= 15 is 0 Å². The molecule has 1 aliphatic rings. The summed E-state index contributed by atoms with van der Waals surface area (Å²) in [6.07, 6.45) is 0.893. The van der Waals surface area contributed by atoms with E-state index in [1.54, 1.807) is 30.4 Å². The number of nitrogens with one attached hydrogen (secondary N) is 1. The summed E-state index contributed by atoms with van der Waals surface area (Å²) in [5.74, 6) is -0.626. The molecule has 0 saturated carbocycles. The summed E-state index contributed by atoms with van der Waals surface area (Å²) in [7, 11) is 3.51. The van der Waals surface area contributed by atoms with Gasteiger partial charge >= 0.3 is 0 Å². The third-order valence-electron chi connectivity index (χ3n) is 4.58. The predicted octanol–water partition coefficient (Wildman–Crippen LogP) is 0.270. The minimum atomic E-state index is -0.551. The Labute approximate surface area is 157 Å². The van der Waals surface area contributed by atoms with Gasteiger partial charge in [-0.25, -0.2) is 0 Å². The molecule has 1 saturated heterocycles. The number of nitrogens with zero attached hydrogens (tertiary/aromatic N) is 3. The lowest BCUT2D eigenvalue weighted by Gasteiger charge is -2.27. The first-order valence-corrected chi connectivity index (χ1v) is 9.52. The smallest absolute Gasteiger partial charge is 0.251 e. The molecular weight excluding hydrogens is 354 g/mol. The zero-order chi connectivity index (χ0) is 19.3. The number of rotatable bonds is 6. The Balaban J connectivity index is 1.91. The third kappa shape index (κ3) is 5.26. The van der Waals surface area contributed by atoms with Crippen molar-refractivity contribution in [3.63, 3.8) is 0 Å². The summed E-state index contributed by atoms with van der Waals surface area (Å²) in [4.78, 5) is 41.7. The minimum absolute atomic E-state index is 0.0842. The number of hydrogen-bond donors (Lipinski definition) is 2. The van der Waals surface area contributed by atoms with Crippen molar-refractivity contribution in [1.29, 1.82) is 0 Å². The Kier molecular flexibility index (Phi) is 7.13. The number of thiophene rings is 1.